The van der Waals surface area contributed by atoms with Gasteiger partial charge >= 0.3 is 0 Å². The Bertz CT molecular complexity index is 825. The smallest absolute Gasteiger partial charge is 0.183 e. The van der Waals surface area contributed by atoms with Crippen molar-refractivity contribution in [1.82, 2.24) is 4.98 Å². The Balaban J connectivity index is 1.85. The number of hydrogen-bond donors (Lipinski definition) is 0. The van der Waals surface area contributed by atoms with Crippen LogP contribution in [0.5, 0.6) is 0 Å². The number of nitrogens with zero attached hydrogens (tertiary/aromatic N) is 1. The second-order valence-electron chi connectivity index (χ2n) is 4.57. The van der Waals surface area contributed by atoms with Crippen LogP contribution in [0.3, 0.4) is 0 Å². The van der Waals surface area contributed by atoms with Gasteiger partial charge in [0.15, 0.2) is 9.84 Å². The molecule has 0 fully saturated rings. The summed E-state index contributed by atoms with van der Waals surface area (Å²) in [4.78, 5) is 5.41. The molecule has 0 radical (unpaired) electrons. The van der Waals surface area contributed by atoms with Gasteiger partial charge in [0.05, 0.1) is 10.6 Å². The number of aromatic nitrogens is 1. The van der Waals surface area contributed by atoms with E-state index in [9.17, 15) is 8.42 Å². The summed E-state index contributed by atoms with van der Waals surface area (Å²) < 4.78 is 24.7. The molecule has 21 heavy (non-hydrogen) atoms. The minimum atomic E-state index is -3.31. The van der Waals surface area contributed by atoms with Crippen LogP contribution in [0, 0.1) is 0 Å². The van der Waals surface area contributed by atoms with Gasteiger partial charge < -0.3 is 0 Å². The van der Waals surface area contributed by atoms with Gasteiger partial charge in [0.1, 0.15) is 5.01 Å². The van der Waals surface area contributed by atoms with Gasteiger partial charge in [0, 0.05) is 16.6 Å². The predicted octanol–water partition coefficient (Wildman–Crippen LogP) is 3.78. The van der Waals surface area contributed by atoms with Crippen LogP contribution in [0.4, 0.5) is 0 Å². The lowest BCUT2D eigenvalue weighted by atomic mass is 10.2. The molecule has 3 aromatic rings. The number of sulfone groups is 1. The van der Waals surface area contributed by atoms with Crippen molar-refractivity contribution in [3.63, 3.8) is 0 Å². The van der Waals surface area contributed by atoms with E-state index in [0.29, 0.717) is 4.90 Å². The van der Waals surface area contributed by atoms with Crippen molar-refractivity contribution in [2.45, 2.75) is 10.6 Å². The van der Waals surface area contributed by atoms with E-state index in [1.165, 1.54) is 11.3 Å². The van der Waals surface area contributed by atoms with Gasteiger partial charge in [-0.3, -0.25) is 0 Å². The third-order valence-corrected chi connectivity index (χ3v) is 5.92. The maximum Gasteiger partial charge on any atom is 0.183 e. The molecule has 1 aromatic heterocycles. The zero-order chi connectivity index (χ0) is 14.7. The third kappa shape index (κ3) is 3.20. The molecule has 0 atom stereocenters. The van der Waals surface area contributed by atoms with E-state index in [0.717, 1.165) is 15.4 Å². The van der Waals surface area contributed by atoms with Crippen molar-refractivity contribution in [1.29, 1.82) is 0 Å². The largest absolute Gasteiger partial charge is 0.244 e. The van der Waals surface area contributed by atoms with E-state index >= 15 is 0 Å². The van der Waals surface area contributed by atoms with E-state index in [2.05, 4.69) is 4.98 Å². The van der Waals surface area contributed by atoms with E-state index < -0.39 is 9.84 Å². The van der Waals surface area contributed by atoms with Crippen molar-refractivity contribution >= 4 is 21.2 Å². The summed E-state index contributed by atoms with van der Waals surface area (Å²) in [5, 5.41) is 0.842. The molecule has 0 aliphatic rings. The van der Waals surface area contributed by atoms with Gasteiger partial charge in [-0.2, -0.15) is 0 Å². The SMILES string of the molecule is O=S(=O)(Cc1cnc(-c2ccccc2)s1)c1ccccc1. The molecule has 5 heteroatoms. The average Bonchev–Trinajstić information content (AvgIpc) is 2.97. The Morgan fingerprint density at radius 1 is 0.905 bits per heavy atom. The molecular formula is C16H13NO2S2. The summed E-state index contributed by atoms with van der Waals surface area (Å²) in [6, 6.07) is 18.3. The molecule has 2 aromatic carbocycles. The van der Waals surface area contributed by atoms with Gasteiger partial charge in [0.2, 0.25) is 0 Å². The molecule has 0 saturated heterocycles. The first-order valence-electron chi connectivity index (χ1n) is 6.43. The molecule has 0 spiro atoms. The molecule has 0 aliphatic heterocycles. The fourth-order valence-corrected chi connectivity index (χ4v) is 4.59. The number of hydrogen-bond acceptors (Lipinski definition) is 4. The third-order valence-electron chi connectivity index (χ3n) is 3.01. The predicted molar refractivity (Wildman–Crippen MR) is 84.9 cm³/mol. The Hall–Kier alpha value is -1.98. The molecular weight excluding hydrogens is 302 g/mol. The minimum absolute atomic E-state index is 0.0124. The second kappa shape index (κ2) is 5.79. The highest BCUT2D eigenvalue weighted by atomic mass is 32.2. The van der Waals surface area contributed by atoms with Crippen LogP contribution >= 0.6 is 11.3 Å². The summed E-state index contributed by atoms with van der Waals surface area (Å²) in [5.41, 5.74) is 1.01. The zero-order valence-corrected chi connectivity index (χ0v) is 12.8. The lowest BCUT2D eigenvalue weighted by Gasteiger charge is -2.01. The van der Waals surface area contributed by atoms with Crippen LogP contribution in [0.15, 0.2) is 71.8 Å². The van der Waals surface area contributed by atoms with Crippen LogP contribution in [0.25, 0.3) is 10.6 Å². The number of thiazole rings is 1. The van der Waals surface area contributed by atoms with E-state index in [1.807, 2.05) is 30.3 Å². The Morgan fingerprint density at radius 3 is 2.19 bits per heavy atom. The van der Waals surface area contributed by atoms with Crippen molar-refractivity contribution in [2.75, 3.05) is 0 Å². The van der Waals surface area contributed by atoms with Crippen molar-refractivity contribution in [3.8, 4) is 10.6 Å². The van der Waals surface area contributed by atoms with Crippen LogP contribution in [0.1, 0.15) is 4.88 Å². The molecule has 0 unspecified atom stereocenters. The normalized spacial score (nSPS) is 11.4. The highest BCUT2D eigenvalue weighted by Crippen LogP contribution is 2.27. The minimum Gasteiger partial charge on any atom is -0.244 e. The van der Waals surface area contributed by atoms with Crippen LogP contribution in [-0.2, 0) is 15.6 Å². The molecule has 0 aliphatic carbocycles. The lowest BCUT2D eigenvalue weighted by molar-refractivity contribution is 0.595. The van der Waals surface area contributed by atoms with Gasteiger partial charge in [-0.05, 0) is 12.1 Å². The first-order chi connectivity index (χ1) is 10.1. The first-order valence-corrected chi connectivity index (χ1v) is 8.90. The Kier molecular flexibility index (Phi) is 3.86. The second-order valence-corrected chi connectivity index (χ2v) is 7.67. The topological polar surface area (TPSA) is 47.0 Å². The molecule has 3 rings (SSSR count). The molecule has 106 valence electrons. The highest BCUT2D eigenvalue weighted by Gasteiger charge is 2.17. The summed E-state index contributed by atoms with van der Waals surface area (Å²) in [5.74, 6) is -0.0124. The monoisotopic (exact) mass is 315 g/mol. The van der Waals surface area contributed by atoms with Crippen molar-refractivity contribution in [3.05, 3.63) is 71.7 Å². The summed E-state index contributed by atoms with van der Waals surface area (Å²) >= 11 is 1.42. The van der Waals surface area contributed by atoms with E-state index in [4.69, 9.17) is 0 Å². The first kappa shape index (κ1) is 14.0. The Labute approximate surface area is 127 Å². The van der Waals surface area contributed by atoms with E-state index in [1.54, 1.807) is 36.5 Å². The summed E-state index contributed by atoms with van der Waals surface area (Å²) in [6.07, 6.45) is 1.65. The fraction of sp³-hybridized carbons (Fsp3) is 0.0625. The van der Waals surface area contributed by atoms with Gasteiger partial charge in [-0.25, -0.2) is 13.4 Å². The van der Waals surface area contributed by atoms with Crippen molar-refractivity contribution < 1.29 is 8.42 Å². The maximum atomic E-state index is 12.3. The summed E-state index contributed by atoms with van der Waals surface area (Å²) in [6.45, 7) is 0. The Morgan fingerprint density at radius 2 is 1.52 bits per heavy atom. The number of benzene rings is 2. The van der Waals surface area contributed by atoms with Crippen LogP contribution in [0.2, 0.25) is 0 Å². The van der Waals surface area contributed by atoms with Gasteiger partial charge in [0.25, 0.3) is 0 Å². The van der Waals surface area contributed by atoms with Crippen molar-refractivity contribution in [2.24, 2.45) is 0 Å². The number of rotatable bonds is 4. The standard InChI is InChI=1S/C16H13NO2S2/c18-21(19,15-9-5-2-6-10-15)12-14-11-17-16(20-14)13-7-3-1-4-8-13/h1-11H,12H2. The van der Waals surface area contributed by atoms with Gasteiger partial charge in [-0.1, -0.05) is 48.5 Å². The molecule has 3 nitrogen and oxygen atoms in total. The van der Waals surface area contributed by atoms with Gasteiger partial charge in [-0.15, -0.1) is 11.3 Å². The fourth-order valence-electron chi connectivity index (χ4n) is 1.99. The quantitative estimate of drug-likeness (QED) is 0.736. The molecule has 0 saturated carbocycles. The van der Waals surface area contributed by atoms with E-state index in [-0.39, 0.29) is 5.75 Å². The highest BCUT2D eigenvalue weighted by molar-refractivity contribution is 7.90. The zero-order valence-electron chi connectivity index (χ0n) is 11.1. The molecule has 0 amide bonds. The molecule has 1 heterocycles. The maximum absolute atomic E-state index is 12.3. The average molecular weight is 315 g/mol. The van der Waals surface area contributed by atoms with Crippen LogP contribution < -0.4 is 0 Å². The summed E-state index contributed by atoms with van der Waals surface area (Å²) in [7, 11) is -3.31. The van der Waals surface area contributed by atoms with Crippen LogP contribution in [-0.4, -0.2) is 13.4 Å². The molecule has 0 N–H and O–H groups in total. The lowest BCUT2D eigenvalue weighted by Crippen LogP contribution is -2.03. The molecule has 0 bridgehead atoms.